The van der Waals surface area contributed by atoms with Crippen molar-refractivity contribution in [2.75, 3.05) is 13.7 Å². The maximum absolute atomic E-state index is 9.90. The van der Waals surface area contributed by atoms with Gasteiger partial charge in [-0.2, -0.15) is 0 Å². The van der Waals surface area contributed by atoms with E-state index in [2.05, 4.69) is 10.4 Å². The van der Waals surface area contributed by atoms with Gasteiger partial charge in [0.2, 0.25) is 0 Å². The Bertz CT molecular complexity index is 563. The predicted molar refractivity (Wildman–Crippen MR) is 83.4 cm³/mol. The molecule has 0 spiro atoms. The molecule has 0 saturated heterocycles. The number of hydrogen-bond acceptors (Lipinski definition) is 4. The Hall–Kier alpha value is -1.24. The Morgan fingerprint density at radius 1 is 1.38 bits per heavy atom. The number of halogens is 2. The number of hydrogen-bond donors (Lipinski definition) is 3. The van der Waals surface area contributed by atoms with Gasteiger partial charge in [-0.3, -0.25) is 0 Å². The minimum Gasteiger partial charge on any atom is -0.488 e. The fourth-order valence-corrected chi connectivity index (χ4v) is 2.28. The van der Waals surface area contributed by atoms with Crippen LogP contribution in [0.1, 0.15) is 5.69 Å². The molecule has 0 aliphatic heterocycles. The molecule has 21 heavy (non-hydrogen) atoms. The van der Waals surface area contributed by atoms with E-state index in [1.807, 2.05) is 25.4 Å². The molecule has 1 atom stereocenters. The summed E-state index contributed by atoms with van der Waals surface area (Å²) in [6.45, 7) is 0.697. The van der Waals surface area contributed by atoms with E-state index in [1.54, 1.807) is 23.2 Å². The topological polar surface area (TPSA) is 60.5 Å². The van der Waals surface area contributed by atoms with E-state index in [9.17, 15) is 5.11 Å². The lowest BCUT2D eigenvalue weighted by atomic mass is 10.3. The van der Waals surface area contributed by atoms with Crippen LogP contribution in [0.25, 0.3) is 0 Å². The monoisotopic (exact) mass is 329 g/mol. The average molecular weight is 330 g/mol. The molecule has 1 aromatic heterocycles. The van der Waals surface area contributed by atoms with Crippen molar-refractivity contribution >= 4 is 23.2 Å². The Labute approximate surface area is 133 Å². The van der Waals surface area contributed by atoms with Gasteiger partial charge in [0.15, 0.2) is 6.23 Å². The Kier molecular flexibility index (Phi) is 5.90. The molecule has 3 N–H and O–H groups in total. The number of nitrogens with zero attached hydrogens (tertiary/aromatic N) is 1. The van der Waals surface area contributed by atoms with Crippen LogP contribution in [0.5, 0.6) is 5.75 Å². The van der Waals surface area contributed by atoms with Gasteiger partial charge in [-0.1, -0.05) is 23.2 Å². The molecule has 1 aromatic carbocycles. The fourth-order valence-electron chi connectivity index (χ4n) is 1.82. The molecule has 1 unspecified atom stereocenters. The van der Waals surface area contributed by atoms with Crippen LogP contribution in [0.2, 0.25) is 10.0 Å². The number of aromatic amines is 1. The first-order valence-electron chi connectivity index (χ1n) is 6.40. The molecule has 0 fully saturated rings. The molecule has 1 heterocycles. The van der Waals surface area contributed by atoms with Crippen LogP contribution in [-0.4, -0.2) is 35.0 Å². The second-order valence-electron chi connectivity index (χ2n) is 4.58. The van der Waals surface area contributed by atoms with Crippen molar-refractivity contribution < 1.29 is 9.84 Å². The highest BCUT2D eigenvalue weighted by Gasteiger charge is 2.10. The van der Waals surface area contributed by atoms with E-state index in [1.165, 1.54) is 0 Å². The Morgan fingerprint density at radius 3 is 2.86 bits per heavy atom. The van der Waals surface area contributed by atoms with Crippen molar-refractivity contribution in [3.05, 3.63) is 52.3 Å². The molecule has 2 aromatic rings. The highest BCUT2D eigenvalue weighted by atomic mass is 35.5. The zero-order valence-corrected chi connectivity index (χ0v) is 13.0. The maximum Gasteiger partial charge on any atom is 0.151 e. The number of aliphatic hydroxyl groups is 1. The minimum absolute atomic E-state index is 0.0659. The zero-order valence-electron chi connectivity index (χ0n) is 11.5. The van der Waals surface area contributed by atoms with Gasteiger partial charge >= 0.3 is 0 Å². The third kappa shape index (κ3) is 5.22. The van der Waals surface area contributed by atoms with Gasteiger partial charge in [0.05, 0.1) is 11.6 Å². The molecular weight excluding hydrogens is 313 g/mol. The largest absolute Gasteiger partial charge is 0.488 e. The van der Waals surface area contributed by atoms with Crippen LogP contribution >= 0.6 is 23.2 Å². The Morgan fingerprint density at radius 2 is 2.19 bits per heavy atom. The molecule has 0 amide bonds. The maximum atomic E-state index is 9.90. The fraction of sp³-hybridized carbons (Fsp3) is 0.286. The van der Waals surface area contributed by atoms with Crippen LogP contribution in [0.3, 0.4) is 0 Å². The van der Waals surface area contributed by atoms with Gasteiger partial charge < -0.3 is 14.8 Å². The summed E-state index contributed by atoms with van der Waals surface area (Å²) in [6.07, 6.45) is 1.00. The van der Waals surface area contributed by atoms with Crippen LogP contribution in [0, 0.1) is 0 Å². The first-order valence-corrected chi connectivity index (χ1v) is 7.15. The van der Waals surface area contributed by atoms with Crippen LogP contribution in [0.4, 0.5) is 0 Å². The highest BCUT2D eigenvalue weighted by Crippen LogP contribution is 2.27. The molecule has 5 nitrogen and oxygen atoms in total. The first kappa shape index (κ1) is 16.1. The molecular formula is C14H17Cl2N3O2. The zero-order chi connectivity index (χ0) is 15.2. The Balaban J connectivity index is 1.77. The average Bonchev–Trinajstić information content (AvgIpc) is 2.90. The lowest BCUT2D eigenvalue weighted by molar-refractivity contribution is 0.0124. The molecule has 114 valence electrons. The number of benzene rings is 1. The summed E-state index contributed by atoms with van der Waals surface area (Å²) in [4.78, 5) is 3.09. The summed E-state index contributed by atoms with van der Waals surface area (Å²) >= 11 is 11.8. The molecule has 0 aliphatic carbocycles. The van der Waals surface area contributed by atoms with E-state index in [0.29, 0.717) is 22.3 Å². The normalized spacial score (nSPS) is 12.6. The standard InChI is InChI=1S/C14H17Cl2N3O2/c1-19(8-11-3-2-6-17-11)18-14(20)9-21-13-5-4-10(15)7-12(13)16/h2-7,14,17-18,20H,8-9H2,1H3. The van der Waals surface area contributed by atoms with E-state index < -0.39 is 6.23 Å². The second kappa shape index (κ2) is 7.68. The van der Waals surface area contributed by atoms with Crippen molar-refractivity contribution in [1.82, 2.24) is 15.4 Å². The van der Waals surface area contributed by atoms with Crippen molar-refractivity contribution in [3.63, 3.8) is 0 Å². The van der Waals surface area contributed by atoms with Crippen molar-refractivity contribution in [2.45, 2.75) is 12.8 Å². The third-order valence-corrected chi connectivity index (χ3v) is 3.26. The summed E-state index contributed by atoms with van der Waals surface area (Å²) in [5, 5.41) is 12.6. The van der Waals surface area contributed by atoms with Gasteiger partial charge in [0.25, 0.3) is 0 Å². The molecule has 0 radical (unpaired) electrons. The smallest absolute Gasteiger partial charge is 0.151 e. The number of hydrazine groups is 1. The van der Waals surface area contributed by atoms with E-state index >= 15 is 0 Å². The van der Waals surface area contributed by atoms with Crippen LogP contribution < -0.4 is 10.2 Å². The van der Waals surface area contributed by atoms with E-state index in [0.717, 1.165) is 5.69 Å². The molecule has 0 bridgehead atoms. The lowest BCUT2D eigenvalue weighted by Crippen LogP contribution is -2.44. The number of aromatic nitrogens is 1. The van der Waals surface area contributed by atoms with Gasteiger partial charge in [0.1, 0.15) is 12.4 Å². The number of ether oxygens (including phenoxy) is 1. The van der Waals surface area contributed by atoms with Gasteiger partial charge in [-0.05, 0) is 30.3 Å². The van der Waals surface area contributed by atoms with Crippen molar-refractivity contribution in [2.24, 2.45) is 0 Å². The minimum atomic E-state index is -0.850. The number of rotatable bonds is 7. The van der Waals surface area contributed by atoms with Crippen molar-refractivity contribution in [3.8, 4) is 5.75 Å². The van der Waals surface area contributed by atoms with Gasteiger partial charge in [-0.25, -0.2) is 10.4 Å². The summed E-state index contributed by atoms with van der Waals surface area (Å²) in [7, 11) is 1.83. The molecule has 7 heteroatoms. The number of H-pyrrole nitrogens is 1. The number of nitrogens with one attached hydrogen (secondary N) is 2. The van der Waals surface area contributed by atoms with Crippen LogP contribution in [-0.2, 0) is 6.54 Å². The van der Waals surface area contributed by atoms with E-state index in [4.69, 9.17) is 27.9 Å². The molecule has 2 rings (SSSR count). The summed E-state index contributed by atoms with van der Waals surface area (Å²) in [5.74, 6) is 0.480. The second-order valence-corrected chi connectivity index (χ2v) is 5.43. The van der Waals surface area contributed by atoms with Gasteiger partial charge in [-0.15, -0.1) is 0 Å². The summed E-state index contributed by atoms with van der Waals surface area (Å²) < 4.78 is 5.45. The first-order chi connectivity index (χ1) is 10.0. The summed E-state index contributed by atoms with van der Waals surface area (Å²) in [5.41, 5.74) is 3.93. The SMILES string of the molecule is CN(Cc1ccc[nH]1)NC(O)COc1ccc(Cl)cc1Cl. The van der Waals surface area contributed by atoms with Crippen LogP contribution in [0.15, 0.2) is 36.5 Å². The predicted octanol–water partition coefficient (Wildman–Crippen LogP) is 2.66. The third-order valence-electron chi connectivity index (χ3n) is 2.73. The molecule has 0 aliphatic rings. The quantitative estimate of drug-likeness (QED) is 0.540. The molecule has 0 saturated carbocycles. The lowest BCUT2D eigenvalue weighted by Gasteiger charge is -2.22. The summed E-state index contributed by atoms with van der Waals surface area (Å²) in [6, 6.07) is 8.83. The number of aliphatic hydroxyl groups excluding tert-OH is 1. The van der Waals surface area contributed by atoms with E-state index in [-0.39, 0.29) is 6.61 Å². The highest BCUT2D eigenvalue weighted by molar-refractivity contribution is 6.35. The van der Waals surface area contributed by atoms with Crippen molar-refractivity contribution in [1.29, 1.82) is 0 Å². The van der Waals surface area contributed by atoms with Gasteiger partial charge in [0, 0.05) is 24.0 Å².